The molecule has 0 saturated heterocycles. The predicted molar refractivity (Wildman–Crippen MR) is 77.8 cm³/mol. The normalized spacial score (nSPS) is 10.4. The molecule has 0 bridgehead atoms. The van der Waals surface area contributed by atoms with Gasteiger partial charge in [0.1, 0.15) is 0 Å². The molecule has 0 atom stereocenters. The first-order chi connectivity index (χ1) is 9.49. The number of carbonyl (C=O) groups is 2. The Balaban J connectivity index is 2.47. The SMILES string of the molecule is CC(=O)N(CC(=O)NCCC(C)C)Cc1ccccn1. The van der Waals surface area contributed by atoms with Crippen molar-refractivity contribution in [3.63, 3.8) is 0 Å². The van der Waals surface area contributed by atoms with Crippen LogP contribution in [0.3, 0.4) is 0 Å². The molecule has 0 saturated carbocycles. The summed E-state index contributed by atoms with van der Waals surface area (Å²) in [6.45, 7) is 6.75. The van der Waals surface area contributed by atoms with Crippen molar-refractivity contribution in [3.8, 4) is 0 Å². The third-order valence-electron chi connectivity index (χ3n) is 2.90. The number of hydrogen-bond acceptors (Lipinski definition) is 3. The van der Waals surface area contributed by atoms with Gasteiger partial charge < -0.3 is 10.2 Å². The van der Waals surface area contributed by atoms with E-state index in [2.05, 4.69) is 24.1 Å². The van der Waals surface area contributed by atoms with E-state index in [1.54, 1.807) is 6.20 Å². The lowest BCUT2D eigenvalue weighted by Gasteiger charge is -2.20. The number of aromatic nitrogens is 1. The average molecular weight is 277 g/mol. The second kappa shape index (κ2) is 8.30. The van der Waals surface area contributed by atoms with Crippen LogP contribution in [0, 0.1) is 5.92 Å². The Bertz CT molecular complexity index is 432. The van der Waals surface area contributed by atoms with E-state index in [4.69, 9.17) is 0 Å². The van der Waals surface area contributed by atoms with Gasteiger partial charge in [-0.2, -0.15) is 0 Å². The minimum absolute atomic E-state index is 0.0734. The van der Waals surface area contributed by atoms with Crippen molar-refractivity contribution in [1.29, 1.82) is 0 Å². The van der Waals surface area contributed by atoms with Gasteiger partial charge in [0.05, 0.1) is 18.8 Å². The van der Waals surface area contributed by atoms with Crippen LogP contribution in [-0.2, 0) is 16.1 Å². The Morgan fingerprint density at radius 2 is 2.10 bits per heavy atom. The van der Waals surface area contributed by atoms with Crippen LogP contribution in [0.2, 0.25) is 0 Å². The van der Waals surface area contributed by atoms with Crippen LogP contribution in [0.25, 0.3) is 0 Å². The molecule has 0 unspecified atom stereocenters. The molecule has 1 aromatic rings. The molecule has 20 heavy (non-hydrogen) atoms. The summed E-state index contributed by atoms with van der Waals surface area (Å²) >= 11 is 0. The quantitative estimate of drug-likeness (QED) is 0.823. The van der Waals surface area contributed by atoms with Gasteiger partial charge in [-0.25, -0.2) is 0 Å². The van der Waals surface area contributed by atoms with Gasteiger partial charge >= 0.3 is 0 Å². The molecule has 0 aliphatic heterocycles. The predicted octanol–water partition coefficient (Wildman–Crippen LogP) is 1.59. The number of pyridine rings is 1. The van der Waals surface area contributed by atoms with Gasteiger partial charge in [0.15, 0.2) is 0 Å². The first-order valence-corrected chi connectivity index (χ1v) is 6.91. The number of nitrogens with zero attached hydrogens (tertiary/aromatic N) is 2. The van der Waals surface area contributed by atoms with Gasteiger partial charge in [0.2, 0.25) is 11.8 Å². The summed E-state index contributed by atoms with van der Waals surface area (Å²) in [6, 6.07) is 5.52. The smallest absolute Gasteiger partial charge is 0.239 e. The number of carbonyl (C=O) groups excluding carboxylic acids is 2. The molecule has 1 aromatic heterocycles. The zero-order chi connectivity index (χ0) is 15.0. The van der Waals surface area contributed by atoms with Gasteiger partial charge in [-0.05, 0) is 24.5 Å². The zero-order valence-corrected chi connectivity index (χ0v) is 12.4. The van der Waals surface area contributed by atoms with Gasteiger partial charge in [0.25, 0.3) is 0 Å². The lowest BCUT2D eigenvalue weighted by molar-refractivity contribution is -0.135. The summed E-state index contributed by atoms with van der Waals surface area (Å²) in [5, 5.41) is 2.83. The van der Waals surface area contributed by atoms with Gasteiger partial charge in [-0.1, -0.05) is 19.9 Å². The number of amides is 2. The molecule has 0 aromatic carbocycles. The van der Waals surface area contributed by atoms with Crippen LogP contribution in [-0.4, -0.2) is 34.8 Å². The summed E-state index contributed by atoms with van der Waals surface area (Å²) < 4.78 is 0. The van der Waals surface area contributed by atoms with E-state index in [1.165, 1.54) is 11.8 Å². The second-order valence-corrected chi connectivity index (χ2v) is 5.23. The molecule has 0 radical (unpaired) electrons. The van der Waals surface area contributed by atoms with Crippen molar-refractivity contribution < 1.29 is 9.59 Å². The molecule has 0 fully saturated rings. The maximum absolute atomic E-state index is 11.8. The average Bonchev–Trinajstić information content (AvgIpc) is 2.38. The number of nitrogens with one attached hydrogen (secondary N) is 1. The Hall–Kier alpha value is -1.91. The molecule has 5 nitrogen and oxygen atoms in total. The highest BCUT2D eigenvalue weighted by molar-refractivity contribution is 5.83. The zero-order valence-electron chi connectivity index (χ0n) is 12.4. The van der Waals surface area contributed by atoms with Crippen molar-refractivity contribution in [2.75, 3.05) is 13.1 Å². The van der Waals surface area contributed by atoms with Crippen molar-refractivity contribution in [2.24, 2.45) is 5.92 Å². The maximum atomic E-state index is 11.8. The molecular weight excluding hydrogens is 254 g/mol. The molecule has 0 aliphatic rings. The summed E-state index contributed by atoms with van der Waals surface area (Å²) in [5.41, 5.74) is 0.776. The topological polar surface area (TPSA) is 62.3 Å². The monoisotopic (exact) mass is 277 g/mol. The van der Waals surface area contributed by atoms with Crippen LogP contribution in [0.5, 0.6) is 0 Å². The minimum Gasteiger partial charge on any atom is -0.355 e. The molecule has 1 heterocycles. The van der Waals surface area contributed by atoms with Gasteiger partial charge in [-0.15, -0.1) is 0 Å². The third kappa shape index (κ3) is 6.31. The second-order valence-electron chi connectivity index (χ2n) is 5.23. The number of hydrogen-bond donors (Lipinski definition) is 1. The van der Waals surface area contributed by atoms with Crippen LogP contribution < -0.4 is 5.32 Å². The summed E-state index contributed by atoms with van der Waals surface area (Å²) in [6.07, 6.45) is 2.61. The van der Waals surface area contributed by atoms with Crippen molar-refractivity contribution in [3.05, 3.63) is 30.1 Å². The lowest BCUT2D eigenvalue weighted by atomic mass is 10.1. The molecule has 0 aliphatic carbocycles. The molecule has 1 N–H and O–H groups in total. The summed E-state index contributed by atoms with van der Waals surface area (Å²) in [5.74, 6) is 0.291. The fourth-order valence-corrected chi connectivity index (χ4v) is 1.70. The lowest BCUT2D eigenvalue weighted by Crippen LogP contribution is -2.39. The van der Waals surface area contributed by atoms with Crippen molar-refractivity contribution >= 4 is 11.8 Å². The van der Waals surface area contributed by atoms with Crippen molar-refractivity contribution in [2.45, 2.75) is 33.7 Å². The molecule has 0 spiro atoms. The van der Waals surface area contributed by atoms with Crippen molar-refractivity contribution in [1.82, 2.24) is 15.2 Å². The maximum Gasteiger partial charge on any atom is 0.239 e. The highest BCUT2D eigenvalue weighted by Gasteiger charge is 2.14. The highest BCUT2D eigenvalue weighted by Crippen LogP contribution is 2.02. The Morgan fingerprint density at radius 3 is 2.65 bits per heavy atom. The van der Waals surface area contributed by atoms with Gasteiger partial charge in [0, 0.05) is 19.7 Å². The molecular formula is C15H23N3O2. The highest BCUT2D eigenvalue weighted by atomic mass is 16.2. The first-order valence-electron chi connectivity index (χ1n) is 6.91. The minimum atomic E-state index is -0.130. The Labute approximate surface area is 120 Å². The fraction of sp³-hybridized carbons (Fsp3) is 0.533. The van der Waals surface area contributed by atoms with Crippen LogP contribution in [0.4, 0.5) is 0 Å². The van der Waals surface area contributed by atoms with E-state index in [9.17, 15) is 9.59 Å². The molecule has 1 rings (SSSR count). The fourth-order valence-electron chi connectivity index (χ4n) is 1.70. The van der Waals surface area contributed by atoms with E-state index >= 15 is 0 Å². The molecule has 110 valence electrons. The van der Waals surface area contributed by atoms with E-state index in [0.717, 1.165) is 12.1 Å². The van der Waals surface area contributed by atoms with Gasteiger partial charge in [-0.3, -0.25) is 14.6 Å². The number of rotatable bonds is 7. The Kier molecular flexibility index (Phi) is 6.70. The van der Waals surface area contributed by atoms with Crippen LogP contribution in [0.15, 0.2) is 24.4 Å². The molecule has 2 amide bonds. The first kappa shape index (κ1) is 16.1. The largest absolute Gasteiger partial charge is 0.355 e. The van der Waals surface area contributed by atoms with Crippen LogP contribution in [0.1, 0.15) is 32.9 Å². The Morgan fingerprint density at radius 1 is 1.35 bits per heavy atom. The van der Waals surface area contributed by atoms with Crippen LogP contribution >= 0.6 is 0 Å². The summed E-state index contributed by atoms with van der Waals surface area (Å²) in [7, 11) is 0. The summed E-state index contributed by atoms with van der Waals surface area (Å²) in [4.78, 5) is 29.0. The molecule has 5 heteroatoms. The van der Waals surface area contributed by atoms with E-state index in [1.807, 2.05) is 18.2 Å². The van der Waals surface area contributed by atoms with E-state index < -0.39 is 0 Å². The third-order valence-corrected chi connectivity index (χ3v) is 2.90. The van der Waals surface area contributed by atoms with E-state index in [-0.39, 0.29) is 18.4 Å². The standard InChI is InChI=1S/C15H23N3O2/c1-12(2)7-9-17-15(20)11-18(13(3)19)10-14-6-4-5-8-16-14/h4-6,8,12H,7,9-11H2,1-3H3,(H,17,20). The van der Waals surface area contributed by atoms with E-state index in [0.29, 0.717) is 19.0 Å².